The van der Waals surface area contributed by atoms with Crippen molar-refractivity contribution < 1.29 is 4.79 Å². The van der Waals surface area contributed by atoms with Gasteiger partial charge >= 0.3 is 0 Å². The first-order chi connectivity index (χ1) is 7.84. The van der Waals surface area contributed by atoms with Crippen LogP contribution in [0.4, 0.5) is 0 Å². The van der Waals surface area contributed by atoms with Crippen molar-refractivity contribution in [2.24, 2.45) is 0 Å². The quantitative estimate of drug-likeness (QED) is 0.797. The minimum atomic E-state index is -0.625. The minimum Gasteiger partial charge on any atom is -0.297 e. The molecule has 2 aromatic heterocycles. The van der Waals surface area contributed by atoms with Crippen LogP contribution in [0.2, 0.25) is 0 Å². The Bertz CT molecular complexity index is 596. The molecule has 4 heteroatoms. The largest absolute Gasteiger partial charge is 0.297 e. The third kappa shape index (κ3) is 1.73. The molecule has 0 atom stereocenters. The molecule has 0 aromatic carbocycles. The van der Waals surface area contributed by atoms with Crippen molar-refractivity contribution in [1.29, 1.82) is 0 Å². The van der Waals surface area contributed by atoms with E-state index in [1.807, 2.05) is 40.0 Å². The van der Waals surface area contributed by atoms with Gasteiger partial charge in [0, 0.05) is 17.3 Å². The van der Waals surface area contributed by atoms with Gasteiger partial charge in [-0.05, 0) is 40.7 Å². The summed E-state index contributed by atoms with van der Waals surface area (Å²) < 4.78 is 1.80. The third-order valence-electron chi connectivity index (χ3n) is 3.28. The number of aryl methyl sites for hydroxylation is 2. The van der Waals surface area contributed by atoms with Crippen LogP contribution in [-0.2, 0) is 10.3 Å². The van der Waals surface area contributed by atoms with Crippen molar-refractivity contribution in [3.8, 4) is 0 Å². The number of Topliss-reactive ketones (excluding diaryl/α,β-unsaturated/α-hetero) is 1. The smallest absolute Gasteiger partial charge is 0.156 e. The second-order valence-electron chi connectivity index (χ2n) is 4.96. The van der Waals surface area contributed by atoms with Crippen molar-refractivity contribution in [3.05, 3.63) is 23.7 Å². The van der Waals surface area contributed by atoms with Crippen LogP contribution in [-0.4, -0.2) is 20.5 Å². The number of hydrogen-bond donors (Lipinski definition) is 0. The van der Waals surface area contributed by atoms with Crippen LogP contribution in [0.25, 0.3) is 10.9 Å². The SMILES string of the molecule is CC(=O)C(C)(C)n1nc(C)c2cnc(C)cc21. The molecule has 0 saturated carbocycles. The van der Waals surface area contributed by atoms with E-state index < -0.39 is 5.54 Å². The molecular weight excluding hydrogens is 214 g/mol. The van der Waals surface area contributed by atoms with E-state index in [9.17, 15) is 4.79 Å². The van der Waals surface area contributed by atoms with E-state index >= 15 is 0 Å². The van der Waals surface area contributed by atoms with Gasteiger partial charge in [-0.15, -0.1) is 0 Å². The highest BCUT2D eigenvalue weighted by Crippen LogP contribution is 2.25. The Morgan fingerprint density at radius 3 is 2.59 bits per heavy atom. The maximum Gasteiger partial charge on any atom is 0.156 e. The molecule has 0 bridgehead atoms. The molecule has 2 aromatic rings. The highest BCUT2D eigenvalue weighted by Gasteiger charge is 2.29. The summed E-state index contributed by atoms with van der Waals surface area (Å²) in [5.74, 6) is 0.0939. The lowest BCUT2D eigenvalue weighted by Crippen LogP contribution is -2.34. The molecule has 0 amide bonds. The van der Waals surface area contributed by atoms with Crippen LogP contribution in [0.5, 0.6) is 0 Å². The van der Waals surface area contributed by atoms with Gasteiger partial charge in [0.25, 0.3) is 0 Å². The van der Waals surface area contributed by atoms with Gasteiger partial charge in [-0.25, -0.2) is 0 Å². The number of fused-ring (bicyclic) bond motifs is 1. The van der Waals surface area contributed by atoms with Crippen molar-refractivity contribution >= 4 is 16.7 Å². The van der Waals surface area contributed by atoms with Gasteiger partial charge < -0.3 is 0 Å². The van der Waals surface area contributed by atoms with Crippen molar-refractivity contribution in [3.63, 3.8) is 0 Å². The number of aromatic nitrogens is 3. The van der Waals surface area contributed by atoms with Gasteiger partial charge in [0.2, 0.25) is 0 Å². The zero-order chi connectivity index (χ0) is 12.8. The first kappa shape index (κ1) is 11.8. The zero-order valence-corrected chi connectivity index (χ0v) is 10.9. The Hall–Kier alpha value is -1.71. The molecule has 0 spiro atoms. The van der Waals surface area contributed by atoms with Gasteiger partial charge in [-0.3, -0.25) is 14.5 Å². The van der Waals surface area contributed by atoms with Crippen LogP contribution in [0.3, 0.4) is 0 Å². The Balaban J connectivity index is 2.79. The summed E-state index contributed by atoms with van der Waals surface area (Å²) in [5, 5.41) is 5.48. The molecule has 0 radical (unpaired) electrons. The summed E-state index contributed by atoms with van der Waals surface area (Å²) in [5.41, 5.74) is 2.18. The van der Waals surface area contributed by atoms with Crippen molar-refractivity contribution in [2.75, 3.05) is 0 Å². The lowest BCUT2D eigenvalue weighted by Gasteiger charge is -2.23. The van der Waals surface area contributed by atoms with Gasteiger partial charge in [-0.1, -0.05) is 0 Å². The molecule has 17 heavy (non-hydrogen) atoms. The molecule has 4 nitrogen and oxygen atoms in total. The Morgan fingerprint density at radius 1 is 1.35 bits per heavy atom. The van der Waals surface area contributed by atoms with Crippen LogP contribution < -0.4 is 0 Å². The first-order valence-electron chi connectivity index (χ1n) is 5.67. The van der Waals surface area contributed by atoms with E-state index in [2.05, 4.69) is 10.1 Å². The molecule has 0 saturated heterocycles. The molecular formula is C13H17N3O. The molecule has 2 heterocycles. The number of carbonyl (C=O) groups excluding carboxylic acids is 1. The number of hydrogen-bond acceptors (Lipinski definition) is 3. The van der Waals surface area contributed by atoms with E-state index in [1.54, 1.807) is 11.6 Å². The average molecular weight is 231 g/mol. The van der Waals surface area contributed by atoms with Gasteiger partial charge in [0.05, 0.1) is 11.2 Å². The van der Waals surface area contributed by atoms with Gasteiger partial charge in [0.15, 0.2) is 5.78 Å². The fourth-order valence-corrected chi connectivity index (χ4v) is 1.83. The first-order valence-corrected chi connectivity index (χ1v) is 5.67. The van der Waals surface area contributed by atoms with Crippen molar-refractivity contribution in [2.45, 2.75) is 40.2 Å². The Morgan fingerprint density at radius 2 is 2.00 bits per heavy atom. The molecule has 0 fully saturated rings. The van der Waals surface area contributed by atoms with Crippen LogP contribution in [0.15, 0.2) is 12.3 Å². The summed E-state index contributed by atoms with van der Waals surface area (Å²) in [6.07, 6.45) is 1.82. The van der Waals surface area contributed by atoms with Crippen LogP contribution >= 0.6 is 0 Å². The third-order valence-corrected chi connectivity index (χ3v) is 3.28. The second kappa shape index (κ2) is 3.65. The highest BCUT2D eigenvalue weighted by molar-refractivity contribution is 5.87. The number of carbonyl (C=O) groups is 1. The molecule has 0 aliphatic rings. The van der Waals surface area contributed by atoms with E-state index in [4.69, 9.17) is 0 Å². The predicted molar refractivity (Wildman–Crippen MR) is 67.0 cm³/mol. The molecule has 2 rings (SSSR count). The van der Waals surface area contributed by atoms with E-state index in [1.165, 1.54) is 0 Å². The average Bonchev–Trinajstić information content (AvgIpc) is 2.56. The fourth-order valence-electron chi connectivity index (χ4n) is 1.83. The lowest BCUT2D eigenvalue weighted by atomic mass is 10.0. The summed E-state index contributed by atoms with van der Waals surface area (Å²) in [7, 11) is 0. The highest BCUT2D eigenvalue weighted by atomic mass is 16.1. The van der Waals surface area contributed by atoms with Gasteiger partial charge in [-0.2, -0.15) is 5.10 Å². The summed E-state index contributed by atoms with van der Waals surface area (Å²) in [4.78, 5) is 16.0. The molecule has 0 aliphatic heterocycles. The molecule has 90 valence electrons. The number of pyridine rings is 1. The molecule has 0 unspecified atom stereocenters. The second-order valence-corrected chi connectivity index (χ2v) is 4.96. The zero-order valence-electron chi connectivity index (χ0n) is 10.9. The van der Waals surface area contributed by atoms with Crippen LogP contribution in [0, 0.1) is 13.8 Å². The topological polar surface area (TPSA) is 47.8 Å². The number of nitrogens with zero attached hydrogens (tertiary/aromatic N) is 3. The fraction of sp³-hybridized carbons (Fsp3) is 0.462. The molecule has 0 N–H and O–H groups in total. The van der Waals surface area contributed by atoms with E-state index in [0.717, 1.165) is 22.3 Å². The van der Waals surface area contributed by atoms with E-state index in [-0.39, 0.29) is 5.78 Å². The lowest BCUT2D eigenvalue weighted by molar-refractivity contribution is -0.124. The standard InChI is InChI=1S/C13H17N3O/c1-8-6-12-11(7-14-8)9(2)15-16(12)13(4,5)10(3)17/h6-7H,1-5H3. The summed E-state index contributed by atoms with van der Waals surface area (Å²) >= 11 is 0. The maximum absolute atomic E-state index is 11.7. The monoisotopic (exact) mass is 231 g/mol. The van der Waals surface area contributed by atoms with Crippen molar-refractivity contribution in [1.82, 2.24) is 14.8 Å². The van der Waals surface area contributed by atoms with Crippen LogP contribution in [0.1, 0.15) is 32.2 Å². The van der Waals surface area contributed by atoms with Gasteiger partial charge in [0.1, 0.15) is 5.54 Å². The normalized spacial score (nSPS) is 12.1. The number of rotatable bonds is 2. The summed E-state index contributed by atoms with van der Waals surface area (Å²) in [6.45, 7) is 9.24. The Kier molecular flexibility index (Phi) is 2.53. The maximum atomic E-state index is 11.7. The van der Waals surface area contributed by atoms with E-state index in [0.29, 0.717) is 0 Å². The summed E-state index contributed by atoms with van der Waals surface area (Å²) in [6, 6.07) is 1.97. The Labute approximate surface area is 101 Å². The minimum absolute atomic E-state index is 0.0939. The molecule has 0 aliphatic carbocycles. The predicted octanol–water partition coefficient (Wildman–Crippen LogP) is 2.37. The number of ketones is 1.